The fourth-order valence-electron chi connectivity index (χ4n) is 2.72. The topological polar surface area (TPSA) is 75.6 Å². The third-order valence-electron chi connectivity index (χ3n) is 4.07. The lowest BCUT2D eigenvalue weighted by Crippen LogP contribution is -2.39. The van der Waals surface area contributed by atoms with Crippen molar-refractivity contribution in [1.82, 2.24) is 5.32 Å². The summed E-state index contributed by atoms with van der Waals surface area (Å²) in [6.07, 6.45) is 1.42. The van der Waals surface area contributed by atoms with Crippen LogP contribution in [-0.2, 0) is 20.7 Å². The second-order valence-corrected chi connectivity index (χ2v) is 6.39. The van der Waals surface area contributed by atoms with Crippen LogP contribution < -0.4 is 5.32 Å². The maximum Gasteiger partial charge on any atom is 0.308 e. The predicted octanol–water partition coefficient (Wildman–Crippen LogP) is 2.78. The molecule has 0 spiro atoms. The molecule has 1 heterocycles. The van der Waals surface area contributed by atoms with Crippen molar-refractivity contribution in [3.05, 3.63) is 33.8 Å². The highest BCUT2D eigenvalue weighted by Gasteiger charge is 2.30. The summed E-state index contributed by atoms with van der Waals surface area (Å²) in [4.78, 5) is 23.5. The highest BCUT2D eigenvalue weighted by molar-refractivity contribution is 6.36. The minimum absolute atomic E-state index is 0.0189. The number of hydrogen-bond acceptors (Lipinski definition) is 3. The van der Waals surface area contributed by atoms with Gasteiger partial charge in [-0.15, -0.1) is 0 Å². The van der Waals surface area contributed by atoms with Gasteiger partial charge in [-0.25, -0.2) is 0 Å². The van der Waals surface area contributed by atoms with Crippen LogP contribution >= 0.6 is 23.2 Å². The van der Waals surface area contributed by atoms with E-state index in [0.29, 0.717) is 41.7 Å². The van der Waals surface area contributed by atoms with E-state index in [4.69, 9.17) is 27.9 Å². The highest BCUT2D eigenvalue weighted by Crippen LogP contribution is 2.25. The Kier molecular flexibility index (Phi) is 6.69. The smallest absolute Gasteiger partial charge is 0.308 e. The molecule has 1 amide bonds. The van der Waals surface area contributed by atoms with E-state index in [1.54, 1.807) is 18.2 Å². The van der Waals surface area contributed by atoms with Gasteiger partial charge in [0.15, 0.2) is 0 Å². The molecule has 0 aliphatic carbocycles. The van der Waals surface area contributed by atoms with E-state index in [1.165, 1.54) is 0 Å². The Balaban J connectivity index is 1.92. The van der Waals surface area contributed by atoms with Gasteiger partial charge in [0.2, 0.25) is 5.91 Å². The maximum absolute atomic E-state index is 12.1. The molecular weight excluding hydrogens is 341 g/mol. The standard InChI is InChI=1S/C16H19Cl2NO4/c17-13-2-1-3-14(18)11(13)8-15(20)19-9-12(16(21)22)10-4-6-23-7-5-10/h1-3,10,12H,4-9H2,(H,19,20)(H,21,22). The Bertz CT molecular complexity index is 553. The van der Waals surface area contributed by atoms with Gasteiger partial charge < -0.3 is 15.2 Å². The van der Waals surface area contributed by atoms with Crippen LogP contribution in [0.3, 0.4) is 0 Å². The Labute approximate surface area is 144 Å². The van der Waals surface area contributed by atoms with Crippen LogP contribution in [0.15, 0.2) is 18.2 Å². The lowest BCUT2D eigenvalue weighted by molar-refractivity contribution is -0.144. The van der Waals surface area contributed by atoms with Crippen LogP contribution in [0.5, 0.6) is 0 Å². The summed E-state index contributed by atoms with van der Waals surface area (Å²) in [7, 11) is 0. The lowest BCUT2D eigenvalue weighted by Gasteiger charge is -2.27. The van der Waals surface area contributed by atoms with Crippen molar-refractivity contribution < 1.29 is 19.4 Å². The first-order valence-electron chi connectivity index (χ1n) is 7.49. The van der Waals surface area contributed by atoms with E-state index >= 15 is 0 Å². The van der Waals surface area contributed by atoms with Crippen LogP contribution in [0.25, 0.3) is 0 Å². The quantitative estimate of drug-likeness (QED) is 0.818. The van der Waals surface area contributed by atoms with Gasteiger partial charge in [-0.2, -0.15) is 0 Å². The Hall–Kier alpha value is -1.30. The van der Waals surface area contributed by atoms with Gasteiger partial charge in [0.25, 0.3) is 0 Å². The second-order valence-electron chi connectivity index (χ2n) is 5.58. The number of hydrogen-bond donors (Lipinski definition) is 2. The third kappa shape index (κ3) is 5.09. The number of amides is 1. The molecule has 2 rings (SSSR count). The summed E-state index contributed by atoms with van der Waals surface area (Å²) in [5, 5.41) is 12.9. The molecule has 0 aromatic heterocycles. The monoisotopic (exact) mass is 359 g/mol. The Morgan fingerprint density at radius 3 is 2.43 bits per heavy atom. The highest BCUT2D eigenvalue weighted by atomic mass is 35.5. The molecule has 7 heteroatoms. The molecule has 1 aromatic carbocycles. The molecule has 0 bridgehead atoms. The van der Waals surface area contributed by atoms with Gasteiger partial charge in [0.1, 0.15) is 0 Å². The van der Waals surface area contributed by atoms with Gasteiger partial charge in [-0.3, -0.25) is 9.59 Å². The molecule has 0 saturated carbocycles. The first-order chi connectivity index (χ1) is 11.0. The van der Waals surface area contributed by atoms with Gasteiger partial charge in [0, 0.05) is 29.8 Å². The number of ether oxygens (including phenoxy) is 1. The number of nitrogens with one attached hydrogen (secondary N) is 1. The zero-order chi connectivity index (χ0) is 16.8. The molecule has 1 saturated heterocycles. The van der Waals surface area contributed by atoms with Gasteiger partial charge in [0.05, 0.1) is 12.3 Å². The number of benzene rings is 1. The van der Waals surface area contributed by atoms with E-state index in [0.717, 1.165) is 0 Å². The first kappa shape index (κ1) is 18.0. The molecule has 1 aromatic rings. The van der Waals surface area contributed by atoms with Crippen molar-refractivity contribution in [1.29, 1.82) is 0 Å². The van der Waals surface area contributed by atoms with Gasteiger partial charge >= 0.3 is 5.97 Å². The molecular formula is C16H19Cl2NO4. The zero-order valence-corrected chi connectivity index (χ0v) is 14.1. The summed E-state index contributed by atoms with van der Waals surface area (Å²) in [5.74, 6) is -1.78. The molecule has 1 aliphatic rings. The fourth-order valence-corrected chi connectivity index (χ4v) is 3.25. The number of carboxylic acids is 1. The van der Waals surface area contributed by atoms with Crippen molar-refractivity contribution in [3.63, 3.8) is 0 Å². The molecule has 23 heavy (non-hydrogen) atoms. The SMILES string of the molecule is O=C(Cc1c(Cl)cccc1Cl)NCC(C(=O)O)C1CCOCC1. The molecule has 1 unspecified atom stereocenters. The van der Waals surface area contributed by atoms with Crippen molar-refractivity contribution >= 4 is 35.1 Å². The number of carbonyl (C=O) groups is 2. The van der Waals surface area contributed by atoms with E-state index in [-0.39, 0.29) is 24.8 Å². The van der Waals surface area contributed by atoms with Crippen molar-refractivity contribution in [2.24, 2.45) is 11.8 Å². The normalized spacial score (nSPS) is 16.8. The van der Waals surface area contributed by atoms with Crippen LogP contribution in [-0.4, -0.2) is 36.7 Å². The van der Waals surface area contributed by atoms with Crippen molar-refractivity contribution in [2.45, 2.75) is 19.3 Å². The molecule has 1 fully saturated rings. The molecule has 1 aliphatic heterocycles. The Morgan fingerprint density at radius 2 is 1.87 bits per heavy atom. The van der Waals surface area contributed by atoms with Crippen molar-refractivity contribution in [2.75, 3.05) is 19.8 Å². The van der Waals surface area contributed by atoms with Crippen LogP contribution in [0, 0.1) is 11.8 Å². The summed E-state index contributed by atoms with van der Waals surface area (Å²) in [6.45, 7) is 1.23. The van der Waals surface area contributed by atoms with Crippen molar-refractivity contribution in [3.8, 4) is 0 Å². The number of carboxylic acid groups (broad SMARTS) is 1. The zero-order valence-electron chi connectivity index (χ0n) is 12.6. The molecule has 5 nitrogen and oxygen atoms in total. The number of aliphatic carboxylic acids is 1. The van der Waals surface area contributed by atoms with E-state index in [9.17, 15) is 14.7 Å². The largest absolute Gasteiger partial charge is 0.481 e. The third-order valence-corrected chi connectivity index (χ3v) is 4.78. The summed E-state index contributed by atoms with van der Waals surface area (Å²) < 4.78 is 5.25. The van der Waals surface area contributed by atoms with Crippen LogP contribution in [0.1, 0.15) is 18.4 Å². The molecule has 2 N–H and O–H groups in total. The van der Waals surface area contributed by atoms with Gasteiger partial charge in [-0.1, -0.05) is 29.3 Å². The summed E-state index contributed by atoms with van der Waals surface area (Å²) >= 11 is 12.1. The number of rotatable bonds is 6. The fraction of sp³-hybridized carbons (Fsp3) is 0.500. The second kappa shape index (κ2) is 8.52. The number of carbonyl (C=O) groups excluding carboxylic acids is 1. The van der Waals surface area contributed by atoms with Gasteiger partial charge in [-0.05, 0) is 36.5 Å². The minimum Gasteiger partial charge on any atom is -0.481 e. The minimum atomic E-state index is -0.895. The number of halogens is 2. The lowest BCUT2D eigenvalue weighted by atomic mass is 9.86. The molecule has 126 valence electrons. The average Bonchev–Trinajstić information content (AvgIpc) is 2.52. The Morgan fingerprint density at radius 1 is 1.26 bits per heavy atom. The average molecular weight is 360 g/mol. The molecule has 0 radical (unpaired) electrons. The first-order valence-corrected chi connectivity index (χ1v) is 8.24. The van der Waals surface area contributed by atoms with Crippen LogP contribution in [0.2, 0.25) is 10.0 Å². The van der Waals surface area contributed by atoms with Crippen LogP contribution in [0.4, 0.5) is 0 Å². The summed E-state index contributed by atoms with van der Waals surface area (Å²) in [5.41, 5.74) is 0.547. The van der Waals surface area contributed by atoms with E-state index < -0.39 is 11.9 Å². The molecule has 1 atom stereocenters. The summed E-state index contributed by atoms with van der Waals surface area (Å²) in [6, 6.07) is 5.04. The van der Waals surface area contributed by atoms with E-state index in [2.05, 4.69) is 5.32 Å². The van der Waals surface area contributed by atoms with E-state index in [1.807, 2.05) is 0 Å². The predicted molar refractivity (Wildman–Crippen MR) is 87.8 cm³/mol. The maximum atomic E-state index is 12.1.